The number of hydrogen-bond acceptors (Lipinski definition) is 4. The van der Waals surface area contributed by atoms with Crippen LogP contribution in [0.2, 0.25) is 10.0 Å². The fraction of sp³-hybridized carbons (Fsp3) is 0.444. The minimum atomic E-state index is -3.74. The third-order valence-corrected chi connectivity index (χ3v) is 5.53. The first kappa shape index (κ1) is 21.0. The van der Waals surface area contributed by atoms with Crippen LogP contribution >= 0.6 is 23.2 Å². The Labute approximate surface area is 171 Å². The fourth-order valence-electron chi connectivity index (χ4n) is 3.53. The summed E-state index contributed by atoms with van der Waals surface area (Å²) in [6.45, 7) is 1.80. The molecule has 1 heterocycles. The van der Waals surface area contributed by atoms with Crippen LogP contribution in [-0.2, 0) is 17.9 Å². The Bertz CT molecular complexity index is 900. The average Bonchev–Trinajstić information content (AvgIpc) is 3.27. The summed E-state index contributed by atoms with van der Waals surface area (Å²) in [6.07, 6.45) is 1.99. The van der Waals surface area contributed by atoms with Crippen LogP contribution in [0.4, 0.5) is 8.78 Å². The van der Waals surface area contributed by atoms with Crippen LogP contribution in [0.15, 0.2) is 24.4 Å². The molecule has 0 saturated heterocycles. The van der Waals surface area contributed by atoms with Gasteiger partial charge in [0, 0.05) is 23.3 Å². The number of aryl methyl sites for hydroxylation is 1. The predicted octanol–water partition coefficient (Wildman–Crippen LogP) is 3.93. The van der Waals surface area contributed by atoms with E-state index < -0.39 is 17.6 Å². The SMILES string of the molecule is CON(C(=O)c1cn(C)nc1C(N)(F)F)C(C)C1CC1c1ccc(Cl)cc1Cl. The second-order valence-corrected chi connectivity index (χ2v) is 7.76. The normalized spacial score (nSPS) is 20.1. The van der Waals surface area contributed by atoms with Crippen molar-refractivity contribution in [3.8, 4) is 0 Å². The molecule has 3 rings (SSSR count). The van der Waals surface area contributed by atoms with Crippen molar-refractivity contribution in [2.45, 2.75) is 31.4 Å². The Morgan fingerprint density at radius 1 is 1.46 bits per heavy atom. The molecule has 1 aliphatic rings. The van der Waals surface area contributed by atoms with Gasteiger partial charge in [0.05, 0.1) is 18.7 Å². The number of benzene rings is 1. The van der Waals surface area contributed by atoms with Gasteiger partial charge in [-0.25, -0.2) is 5.06 Å². The Balaban J connectivity index is 1.82. The molecule has 0 spiro atoms. The van der Waals surface area contributed by atoms with Crippen molar-refractivity contribution in [2.75, 3.05) is 7.11 Å². The van der Waals surface area contributed by atoms with Gasteiger partial charge in [0.2, 0.25) is 0 Å². The molecule has 10 heteroatoms. The lowest BCUT2D eigenvalue weighted by atomic mass is 10.1. The van der Waals surface area contributed by atoms with Gasteiger partial charge in [0.25, 0.3) is 5.91 Å². The van der Waals surface area contributed by atoms with Crippen LogP contribution in [0.1, 0.15) is 40.9 Å². The van der Waals surface area contributed by atoms with E-state index in [4.69, 9.17) is 33.8 Å². The molecule has 0 aliphatic heterocycles. The number of carbonyl (C=O) groups excluding carboxylic acids is 1. The number of hydrogen-bond donors (Lipinski definition) is 1. The average molecular weight is 433 g/mol. The highest BCUT2D eigenvalue weighted by Crippen LogP contribution is 2.53. The number of nitrogens with two attached hydrogens (primary N) is 1. The maximum Gasteiger partial charge on any atom is 0.346 e. The molecule has 1 amide bonds. The summed E-state index contributed by atoms with van der Waals surface area (Å²) < 4.78 is 28.4. The summed E-state index contributed by atoms with van der Waals surface area (Å²) in [5, 5.41) is 5.81. The minimum Gasteiger partial charge on any atom is -0.274 e. The number of aromatic nitrogens is 2. The molecule has 0 radical (unpaired) electrons. The van der Waals surface area contributed by atoms with Crippen molar-refractivity contribution in [3.05, 3.63) is 51.3 Å². The van der Waals surface area contributed by atoms with Gasteiger partial charge in [0.15, 0.2) is 5.69 Å². The van der Waals surface area contributed by atoms with Gasteiger partial charge in [-0.3, -0.25) is 20.0 Å². The first-order chi connectivity index (χ1) is 13.0. The zero-order chi connectivity index (χ0) is 20.8. The zero-order valence-corrected chi connectivity index (χ0v) is 17.0. The first-order valence-electron chi connectivity index (χ1n) is 8.58. The first-order valence-corrected chi connectivity index (χ1v) is 9.33. The van der Waals surface area contributed by atoms with Crippen molar-refractivity contribution in [1.29, 1.82) is 0 Å². The molecule has 3 atom stereocenters. The second kappa shape index (κ2) is 7.59. The molecule has 1 saturated carbocycles. The molecule has 152 valence electrons. The van der Waals surface area contributed by atoms with Crippen LogP contribution in [0.5, 0.6) is 0 Å². The van der Waals surface area contributed by atoms with Gasteiger partial charge in [-0.15, -0.1) is 0 Å². The molecule has 1 aliphatic carbocycles. The Kier molecular flexibility index (Phi) is 5.69. The summed E-state index contributed by atoms with van der Waals surface area (Å²) in [4.78, 5) is 18.1. The van der Waals surface area contributed by atoms with Gasteiger partial charge in [-0.1, -0.05) is 29.3 Å². The Morgan fingerprint density at radius 3 is 2.71 bits per heavy atom. The van der Waals surface area contributed by atoms with Gasteiger partial charge in [-0.05, 0) is 42.9 Å². The third kappa shape index (κ3) is 4.00. The molecule has 28 heavy (non-hydrogen) atoms. The molecule has 1 aromatic heterocycles. The lowest BCUT2D eigenvalue weighted by molar-refractivity contribution is -0.124. The summed E-state index contributed by atoms with van der Waals surface area (Å²) in [7, 11) is 2.75. The van der Waals surface area contributed by atoms with Gasteiger partial charge in [-0.2, -0.15) is 13.9 Å². The van der Waals surface area contributed by atoms with E-state index in [-0.39, 0.29) is 23.4 Å². The molecule has 2 aromatic rings. The molecular weight excluding hydrogens is 413 g/mol. The number of rotatable bonds is 6. The number of hydroxylamine groups is 2. The molecule has 6 nitrogen and oxygen atoms in total. The second-order valence-electron chi connectivity index (χ2n) is 6.91. The summed E-state index contributed by atoms with van der Waals surface area (Å²) in [6, 6.07) is 1.16. The predicted molar refractivity (Wildman–Crippen MR) is 101 cm³/mol. The van der Waals surface area contributed by atoms with Gasteiger partial charge >= 0.3 is 6.05 Å². The van der Waals surface area contributed by atoms with Crippen LogP contribution in [0.25, 0.3) is 0 Å². The fourth-order valence-corrected chi connectivity index (χ4v) is 4.07. The Morgan fingerprint density at radius 2 is 2.14 bits per heavy atom. The van der Waals surface area contributed by atoms with Gasteiger partial charge in [0.1, 0.15) is 0 Å². The summed E-state index contributed by atoms with van der Waals surface area (Å²) in [5.74, 6) is -0.549. The van der Waals surface area contributed by atoms with E-state index >= 15 is 0 Å². The van der Waals surface area contributed by atoms with Crippen molar-refractivity contribution >= 4 is 29.1 Å². The van der Waals surface area contributed by atoms with Crippen LogP contribution in [0.3, 0.4) is 0 Å². The maximum absolute atomic E-state index is 13.7. The van der Waals surface area contributed by atoms with E-state index in [1.54, 1.807) is 19.1 Å². The summed E-state index contributed by atoms with van der Waals surface area (Å²) in [5.41, 5.74) is 4.72. The van der Waals surface area contributed by atoms with Crippen molar-refractivity contribution in [2.24, 2.45) is 18.7 Å². The number of amides is 1. The maximum atomic E-state index is 13.7. The molecule has 1 aromatic carbocycles. The minimum absolute atomic E-state index is 0.0566. The largest absolute Gasteiger partial charge is 0.346 e. The topological polar surface area (TPSA) is 73.4 Å². The molecule has 0 bridgehead atoms. The highest BCUT2D eigenvalue weighted by Gasteiger charge is 2.47. The summed E-state index contributed by atoms with van der Waals surface area (Å²) >= 11 is 12.2. The third-order valence-electron chi connectivity index (χ3n) is 4.96. The van der Waals surface area contributed by atoms with Gasteiger partial charge < -0.3 is 0 Å². The molecular formula is C18H20Cl2F2N4O2. The standard InChI is InChI=1S/C18H20Cl2F2N4O2/c1-9(12-7-13(12)11-5-4-10(19)6-15(11)20)26(28-3)17(27)14-8-25(2)24-16(14)18(21,22)23/h4-6,8-9,12-13H,7,23H2,1-3H3. The van der Waals surface area contributed by atoms with Crippen LogP contribution in [0, 0.1) is 5.92 Å². The Hall–Kier alpha value is -1.74. The van der Waals surface area contributed by atoms with Crippen molar-refractivity contribution < 1.29 is 18.4 Å². The van der Waals surface area contributed by atoms with E-state index in [0.717, 1.165) is 21.7 Å². The van der Waals surface area contributed by atoms with E-state index in [0.29, 0.717) is 10.0 Å². The van der Waals surface area contributed by atoms with Crippen LogP contribution < -0.4 is 5.73 Å². The highest BCUT2D eigenvalue weighted by atomic mass is 35.5. The number of nitrogens with zero attached hydrogens (tertiary/aromatic N) is 3. The molecule has 2 N–H and O–H groups in total. The van der Waals surface area contributed by atoms with E-state index in [1.165, 1.54) is 20.4 Å². The smallest absolute Gasteiger partial charge is 0.274 e. The monoisotopic (exact) mass is 432 g/mol. The number of halogens is 4. The zero-order valence-electron chi connectivity index (χ0n) is 15.5. The van der Waals surface area contributed by atoms with Crippen LogP contribution in [-0.4, -0.2) is 33.9 Å². The van der Waals surface area contributed by atoms with E-state index in [2.05, 4.69) is 5.10 Å². The van der Waals surface area contributed by atoms with E-state index in [9.17, 15) is 13.6 Å². The quantitative estimate of drug-likeness (QED) is 0.554. The molecule has 1 fully saturated rings. The highest BCUT2D eigenvalue weighted by molar-refractivity contribution is 6.35. The number of carbonyl (C=O) groups is 1. The van der Waals surface area contributed by atoms with Crippen molar-refractivity contribution in [3.63, 3.8) is 0 Å². The van der Waals surface area contributed by atoms with Crippen molar-refractivity contribution in [1.82, 2.24) is 14.8 Å². The molecule has 3 unspecified atom stereocenters. The number of alkyl halides is 2. The van der Waals surface area contributed by atoms with E-state index in [1.807, 2.05) is 6.07 Å². The lowest BCUT2D eigenvalue weighted by Gasteiger charge is -2.27. The lowest BCUT2D eigenvalue weighted by Crippen LogP contribution is -2.40.